The molecule has 132 valence electrons. The Hall–Kier alpha value is -3.08. The normalized spacial score (nSPS) is 17.8. The van der Waals surface area contributed by atoms with Gasteiger partial charge >= 0.3 is 0 Å². The lowest BCUT2D eigenvalue weighted by molar-refractivity contribution is -0.129. The molecule has 1 fully saturated rings. The summed E-state index contributed by atoms with van der Waals surface area (Å²) in [6.45, 7) is 1.59. The SMILES string of the molecule is CC(=O)N1C/C(=C\c2ccccc2F)C(=O)/C(=C/c2ccccc2F)C1. The van der Waals surface area contributed by atoms with Crippen molar-refractivity contribution in [1.82, 2.24) is 4.90 Å². The lowest BCUT2D eigenvalue weighted by Gasteiger charge is -2.29. The zero-order chi connectivity index (χ0) is 18.7. The number of piperidine rings is 1. The average Bonchev–Trinajstić information content (AvgIpc) is 2.61. The van der Waals surface area contributed by atoms with E-state index in [1.165, 1.54) is 36.1 Å². The number of hydrogen-bond acceptors (Lipinski definition) is 2. The summed E-state index contributed by atoms with van der Waals surface area (Å²) >= 11 is 0. The maximum absolute atomic E-state index is 13.9. The maximum atomic E-state index is 13.9. The minimum absolute atomic E-state index is 0.0944. The Labute approximate surface area is 150 Å². The van der Waals surface area contributed by atoms with Gasteiger partial charge in [-0.1, -0.05) is 36.4 Å². The van der Waals surface area contributed by atoms with Crippen molar-refractivity contribution in [3.63, 3.8) is 0 Å². The average molecular weight is 353 g/mol. The van der Waals surface area contributed by atoms with Gasteiger partial charge in [0, 0.05) is 42.3 Å². The Balaban J connectivity index is 2.04. The first-order valence-corrected chi connectivity index (χ1v) is 8.16. The number of benzene rings is 2. The standard InChI is InChI=1S/C21H17F2NO2/c1-14(25)24-12-17(10-15-6-2-4-8-19(15)22)21(26)18(13-24)11-16-7-3-5-9-20(16)23/h2-11H,12-13H2,1H3/b17-10+,18-11+. The molecule has 2 aromatic carbocycles. The van der Waals surface area contributed by atoms with Crippen LogP contribution in [0.5, 0.6) is 0 Å². The molecule has 1 heterocycles. The first-order valence-electron chi connectivity index (χ1n) is 8.16. The zero-order valence-corrected chi connectivity index (χ0v) is 14.2. The highest BCUT2D eigenvalue weighted by Gasteiger charge is 2.27. The van der Waals surface area contributed by atoms with Crippen molar-refractivity contribution < 1.29 is 18.4 Å². The van der Waals surface area contributed by atoms with E-state index in [0.717, 1.165) is 0 Å². The van der Waals surface area contributed by atoms with E-state index in [1.54, 1.807) is 36.4 Å². The Morgan fingerprint density at radius 3 is 1.69 bits per heavy atom. The van der Waals surface area contributed by atoms with Gasteiger partial charge in [-0.15, -0.1) is 0 Å². The van der Waals surface area contributed by atoms with Crippen molar-refractivity contribution in [2.24, 2.45) is 0 Å². The first-order chi connectivity index (χ1) is 12.5. The van der Waals surface area contributed by atoms with E-state index in [1.807, 2.05) is 0 Å². The van der Waals surface area contributed by atoms with Crippen molar-refractivity contribution in [3.8, 4) is 0 Å². The molecular weight excluding hydrogens is 336 g/mol. The third-order valence-electron chi connectivity index (χ3n) is 4.22. The molecule has 0 radical (unpaired) electrons. The predicted molar refractivity (Wildman–Crippen MR) is 96.0 cm³/mol. The summed E-state index contributed by atoms with van der Waals surface area (Å²) < 4.78 is 27.8. The summed E-state index contributed by atoms with van der Waals surface area (Å²) in [7, 11) is 0. The van der Waals surface area contributed by atoms with Crippen molar-refractivity contribution in [3.05, 3.63) is 82.4 Å². The van der Waals surface area contributed by atoms with Gasteiger partial charge in [0.2, 0.25) is 5.91 Å². The van der Waals surface area contributed by atoms with Crippen molar-refractivity contribution in [1.29, 1.82) is 0 Å². The summed E-state index contributed by atoms with van der Waals surface area (Å²) in [5, 5.41) is 0. The van der Waals surface area contributed by atoms with Gasteiger partial charge in [-0.05, 0) is 24.3 Å². The van der Waals surface area contributed by atoms with Gasteiger partial charge in [0.1, 0.15) is 11.6 Å². The first kappa shape index (κ1) is 17.7. The van der Waals surface area contributed by atoms with Crippen LogP contribution in [0.4, 0.5) is 8.78 Å². The van der Waals surface area contributed by atoms with Crippen LogP contribution in [0, 0.1) is 11.6 Å². The smallest absolute Gasteiger partial charge is 0.220 e. The van der Waals surface area contributed by atoms with Gasteiger partial charge in [0.25, 0.3) is 0 Å². The Morgan fingerprint density at radius 2 is 1.31 bits per heavy atom. The molecule has 0 N–H and O–H groups in total. The molecule has 0 bridgehead atoms. The van der Waals surface area contributed by atoms with Crippen LogP contribution in [-0.4, -0.2) is 29.7 Å². The molecule has 2 aromatic rings. The summed E-state index contributed by atoms with van der Waals surface area (Å²) in [6, 6.07) is 12.2. The number of carbonyl (C=O) groups is 2. The van der Waals surface area contributed by atoms with Crippen LogP contribution < -0.4 is 0 Å². The Morgan fingerprint density at radius 1 is 0.885 bits per heavy atom. The topological polar surface area (TPSA) is 37.4 Å². The molecule has 1 aliphatic rings. The molecule has 1 saturated heterocycles. The van der Waals surface area contributed by atoms with Crippen LogP contribution >= 0.6 is 0 Å². The van der Waals surface area contributed by atoms with E-state index in [9.17, 15) is 18.4 Å². The van der Waals surface area contributed by atoms with Crippen molar-refractivity contribution in [2.45, 2.75) is 6.92 Å². The molecule has 0 atom stereocenters. The number of Topliss-reactive ketones (excluding diaryl/α,β-unsaturated/α-hetero) is 1. The Bertz CT molecular complexity index is 864. The second-order valence-electron chi connectivity index (χ2n) is 6.09. The van der Waals surface area contributed by atoms with E-state index in [2.05, 4.69) is 0 Å². The van der Waals surface area contributed by atoms with E-state index in [4.69, 9.17) is 0 Å². The lowest BCUT2D eigenvalue weighted by Crippen LogP contribution is -2.40. The lowest BCUT2D eigenvalue weighted by atomic mass is 9.94. The molecule has 5 heteroatoms. The highest BCUT2D eigenvalue weighted by molar-refractivity contribution is 6.15. The molecule has 0 aromatic heterocycles. The number of hydrogen-bond donors (Lipinski definition) is 0. The van der Waals surface area contributed by atoms with Crippen LogP contribution in [0.1, 0.15) is 18.1 Å². The molecule has 3 nitrogen and oxygen atoms in total. The fourth-order valence-corrected chi connectivity index (χ4v) is 2.82. The molecule has 1 aliphatic heterocycles. The van der Waals surface area contributed by atoms with Gasteiger partial charge in [0.05, 0.1) is 0 Å². The van der Waals surface area contributed by atoms with E-state index in [0.29, 0.717) is 11.1 Å². The maximum Gasteiger partial charge on any atom is 0.220 e. The minimum atomic E-state index is -0.451. The molecule has 0 spiro atoms. The second-order valence-corrected chi connectivity index (χ2v) is 6.09. The molecule has 26 heavy (non-hydrogen) atoms. The Kier molecular flexibility index (Phi) is 5.07. The molecule has 0 saturated carbocycles. The van der Waals surface area contributed by atoms with Gasteiger partial charge in [-0.25, -0.2) is 8.78 Å². The molecule has 0 aliphatic carbocycles. The number of amides is 1. The van der Waals surface area contributed by atoms with E-state index < -0.39 is 11.6 Å². The van der Waals surface area contributed by atoms with Crippen LogP contribution in [0.2, 0.25) is 0 Å². The van der Waals surface area contributed by atoms with E-state index >= 15 is 0 Å². The van der Waals surface area contributed by atoms with E-state index in [-0.39, 0.29) is 35.9 Å². The second kappa shape index (κ2) is 7.44. The highest BCUT2D eigenvalue weighted by Crippen LogP contribution is 2.23. The van der Waals surface area contributed by atoms with Crippen molar-refractivity contribution >= 4 is 23.8 Å². The molecule has 0 unspecified atom stereocenters. The van der Waals surface area contributed by atoms with Gasteiger partial charge in [-0.3, -0.25) is 9.59 Å². The quantitative estimate of drug-likeness (QED) is 0.769. The van der Waals surface area contributed by atoms with Crippen molar-refractivity contribution in [2.75, 3.05) is 13.1 Å². The van der Waals surface area contributed by atoms with Crippen LogP contribution in [0.15, 0.2) is 59.7 Å². The highest BCUT2D eigenvalue weighted by atomic mass is 19.1. The molecule has 3 rings (SSSR count). The summed E-state index contributed by atoms with van der Waals surface area (Å²) in [6.07, 6.45) is 2.89. The monoisotopic (exact) mass is 353 g/mol. The van der Waals surface area contributed by atoms with Crippen LogP contribution in [0.3, 0.4) is 0 Å². The number of rotatable bonds is 2. The van der Waals surface area contributed by atoms with Gasteiger partial charge in [-0.2, -0.15) is 0 Å². The third kappa shape index (κ3) is 3.77. The fourth-order valence-electron chi connectivity index (χ4n) is 2.82. The molecule has 1 amide bonds. The minimum Gasteiger partial charge on any atom is -0.334 e. The summed E-state index contributed by atoms with van der Waals surface area (Å²) in [4.78, 5) is 26.1. The fraction of sp³-hybridized carbons (Fsp3) is 0.143. The largest absolute Gasteiger partial charge is 0.334 e. The predicted octanol–water partition coefficient (Wildman–Crippen LogP) is 3.86. The number of ketones is 1. The number of likely N-dealkylation sites (tertiary alicyclic amines) is 1. The van der Waals surface area contributed by atoms with Crippen LogP contribution in [0.25, 0.3) is 12.2 Å². The number of halogens is 2. The number of nitrogens with zero attached hydrogens (tertiary/aromatic N) is 1. The molecular formula is C21H17F2NO2. The van der Waals surface area contributed by atoms with Gasteiger partial charge < -0.3 is 4.90 Å². The van der Waals surface area contributed by atoms with Gasteiger partial charge in [0.15, 0.2) is 5.78 Å². The summed E-state index contributed by atoms with van der Waals surface area (Å²) in [5.74, 6) is -1.43. The zero-order valence-electron chi connectivity index (χ0n) is 14.2. The summed E-state index contributed by atoms with van der Waals surface area (Å²) in [5.41, 5.74) is 1.12. The van der Waals surface area contributed by atoms with Crippen LogP contribution in [-0.2, 0) is 9.59 Å². The number of carbonyl (C=O) groups excluding carboxylic acids is 2. The third-order valence-corrected chi connectivity index (χ3v) is 4.22.